The first kappa shape index (κ1) is 12.9. The fourth-order valence-electron chi connectivity index (χ4n) is 1.91. The first-order chi connectivity index (χ1) is 9.74. The monoisotopic (exact) mass is 328 g/mol. The summed E-state index contributed by atoms with van der Waals surface area (Å²) in [5.74, 6) is 1.64. The van der Waals surface area contributed by atoms with Crippen LogP contribution < -0.4 is 4.74 Å². The Kier molecular flexibility index (Phi) is 3.56. The van der Waals surface area contributed by atoms with E-state index in [0.29, 0.717) is 0 Å². The molecule has 0 radical (unpaired) electrons. The number of aromatic nitrogens is 2. The molecule has 3 nitrogen and oxygen atoms in total. The smallest absolute Gasteiger partial charge is 0.127 e. The highest BCUT2D eigenvalue weighted by Gasteiger charge is 2.09. The number of rotatable bonds is 3. The molecule has 0 amide bonds. The van der Waals surface area contributed by atoms with Crippen LogP contribution in [-0.4, -0.2) is 10.2 Å². The second-order valence-corrected chi connectivity index (χ2v) is 5.24. The van der Waals surface area contributed by atoms with Crippen LogP contribution in [0, 0.1) is 6.92 Å². The summed E-state index contributed by atoms with van der Waals surface area (Å²) in [5.41, 5.74) is 2.97. The zero-order valence-electron chi connectivity index (χ0n) is 10.9. The number of H-pyrrole nitrogens is 1. The van der Waals surface area contributed by atoms with Crippen LogP contribution in [0.15, 0.2) is 59.1 Å². The molecular weight excluding hydrogens is 316 g/mol. The minimum Gasteiger partial charge on any atom is -0.457 e. The number of hydrogen-bond acceptors (Lipinski definition) is 2. The van der Waals surface area contributed by atoms with Gasteiger partial charge >= 0.3 is 0 Å². The Hall–Kier alpha value is -2.07. The molecule has 1 heterocycles. The van der Waals surface area contributed by atoms with Crippen LogP contribution >= 0.6 is 15.9 Å². The molecule has 0 atom stereocenters. The SMILES string of the molecule is Cc1[nH]nc(-c2ccc(Oc3ccccc3)cc2)c1Br. The average Bonchev–Trinajstić information content (AvgIpc) is 2.81. The third-order valence-electron chi connectivity index (χ3n) is 2.98. The van der Waals surface area contributed by atoms with Crippen molar-refractivity contribution in [1.29, 1.82) is 0 Å². The van der Waals surface area contributed by atoms with Gasteiger partial charge in [0, 0.05) is 11.3 Å². The predicted octanol–water partition coefficient (Wildman–Crippen LogP) is 4.94. The van der Waals surface area contributed by atoms with E-state index in [0.717, 1.165) is 32.9 Å². The Morgan fingerprint density at radius 3 is 2.20 bits per heavy atom. The van der Waals surface area contributed by atoms with E-state index < -0.39 is 0 Å². The molecule has 0 saturated carbocycles. The summed E-state index contributed by atoms with van der Waals surface area (Å²) in [4.78, 5) is 0. The number of para-hydroxylation sites is 1. The molecule has 0 aliphatic carbocycles. The number of nitrogens with zero attached hydrogens (tertiary/aromatic N) is 1. The number of nitrogens with one attached hydrogen (secondary N) is 1. The summed E-state index contributed by atoms with van der Waals surface area (Å²) in [7, 11) is 0. The molecule has 0 aliphatic heterocycles. The van der Waals surface area contributed by atoms with Gasteiger partial charge in [0.15, 0.2) is 0 Å². The maximum Gasteiger partial charge on any atom is 0.127 e. The minimum atomic E-state index is 0.809. The van der Waals surface area contributed by atoms with Crippen molar-refractivity contribution in [2.24, 2.45) is 0 Å². The van der Waals surface area contributed by atoms with Gasteiger partial charge in [0.25, 0.3) is 0 Å². The average molecular weight is 329 g/mol. The van der Waals surface area contributed by atoms with Gasteiger partial charge in [0.05, 0.1) is 4.47 Å². The lowest BCUT2D eigenvalue weighted by molar-refractivity contribution is 0.483. The molecular formula is C16H13BrN2O. The molecule has 0 aliphatic rings. The number of ether oxygens (including phenoxy) is 1. The molecule has 0 saturated heterocycles. The molecule has 3 rings (SSSR count). The second kappa shape index (κ2) is 5.51. The first-order valence-electron chi connectivity index (χ1n) is 6.28. The van der Waals surface area contributed by atoms with E-state index in [1.807, 2.05) is 61.5 Å². The summed E-state index contributed by atoms with van der Waals surface area (Å²) >= 11 is 3.53. The van der Waals surface area contributed by atoms with Crippen molar-refractivity contribution in [3.8, 4) is 22.8 Å². The molecule has 1 N–H and O–H groups in total. The van der Waals surface area contributed by atoms with Crippen molar-refractivity contribution in [1.82, 2.24) is 10.2 Å². The van der Waals surface area contributed by atoms with Crippen LogP contribution in [0.1, 0.15) is 5.69 Å². The Morgan fingerprint density at radius 1 is 0.950 bits per heavy atom. The lowest BCUT2D eigenvalue weighted by Crippen LogP contribution is -1.84. The van der Waals surface area contributed by atoms with Gasteiger partial charge < -0.3 is 4.74 Å². The van der Waals surface area contributed by atoms with Crippen LogP contribution in [0.2, 0.25) is 0 Å². The van der Waals surface area contributed by atoms with Crippen molar-refractivity contribution in [3.05, 3.63) is 64.8 Å². The van der Waals surface area contributed by atoms with Crippen molar-refractivity contribution in [2.45, 2.75) is 6.92 Å². The van der Waals surface area contributed by atoms with Gasteiger partial charge in [-0.2, -0.15) is 5.10 Å². The first-order valence-corrected chi connectivity index (χ1v) is 7.07. The fourth-order valence-corrected chi connectivity index (χ4v) is 2.32. The molecule has 0 unspecified atom stereocenters. The quantitative estimate of drug-likeness (QED) is 0.739. The van der Waals surface area contributed by atoms with E-state index in [1.165, 1.54) is 0 Å². The lowest BCUT2D eigenvalue weighted by Gasteiger charge is -2.06. The van der Waals surface area contributed by atoms with Crippen LogP contribution in [0.4, 0.5) is 0 Å². The number of benzene rings is 2. The summed E-state index contributed by atoms with van der Waals surface area (Å²) in [6.45, 7) is 1.98. The second-order valence-electron chi connectivity index (χ2n) is 4.45. The van der Waals surface area contributed by atoms with Gasteiger partial charge in [0.2, 0.25) is 0 Å². The number of aryl methyl sites for hydroxylation is 1. The third-order valence-corrected chi connectivity index (χ3v) is 3.95. The maximum atomic E-state index is 5.76. The van der Waals surface area contributed by atoms with Crippen LogP contribution in [0.5, 0.6) is 11.5 Å². The maximum absolute atomic E-state index is 5.76. The summed E-state index contributed by atoms with van der Waals surface area (Å²) in [5, 5.41) is 7.25. The van der Waals surface area contributed by atoms with Gasteiger partial charge in [0.1, 0.15) is 17.2 Å². The van der Waals surface area contributed by atoms with Crippen molar-refractivity contribution in [3.63, 3.8) is 0 Å². The van der Waals surface area contributed by atoms with Crippen molar-refractivity contribution in [2.75, 3.05) is 0 Å². The highest BCUT2D eigenvalue weighted by atomic mass is 79.9. The Balaban J connectivity index is 1.83. The summed E-state index contributed by atoms with van der Waals surface area (Å²) < 4.78 is 6.76. The zero-order valence-corrected chi connectivity index (χ0v) is 12.5. The van der Waals surface area contributed by atoms with E-state index in [2.05, 4.69) is 26.1 Å². The Morgan fingerprint density at radius 2 is 1.60 bits per heavy atom. The topological polar surface area (TPSA) is 37.9 Å². The van der Waals surface area contributed by atoms with E-state index in [-0.39, 0.29) is 0 Å². The van der Waals surface area contributed by atoms with E-state index in [1.54, 1.807) is 0 Å². The molecule has 100 valence electrons. The van der Waals surface area contributed by atoms with Gasteiger partial charge in [-0.05, 0) is 59.3 Å². The Labute approximate surface area is 125 Å². The van der Waals surface area contributed by atoms with Crippen LogP contribution in [-0.2, 0) is 0 Å². The molecule has 3 aromatic rings. The van der Waals surface area contributed by atoms with Crippen LogP contribution in [0.25, 0.3) is 11.3 Å². The van der Waals surface area contributed by atoms with Gasteiger partial charge in [-0.3, -0.25) is 5.10 Å². The van der Waals surface area contributed by atoms with Crippen molar-refractivity contribution < 1.29 is 4.74 Å². The van der Waals surface area contributed by atoms with E-state index in [4.69, 9.17) is 4.74 Å². The van der Waals surface area contributed by atoms with Gasteiger partial charge in [-0.25, -0.2) is 0 Å². The highest BCUT2D eigenvalue weighted by Crippen LogP contribution is 2.30. The molecule has 20 heavy (non-hydrogen) atoms. The number of halogens is 1. The predicted molar refractivity (Wildman–Crippen MR) is 83.0 cm³/mol. The molecule has 4 heteroatoms. The molecule has 0 bridgehead atoms. The van der Waals surface area contributed by atoms with E-state index >= 15 is 0 Å². The number of aromatic amines is 1. The third kappa shape index (κ3) is 2.60. The lowest BCUT2D eigenvalue weighted by atomic mass is 10.1. The molecule has 1 aromatic heterocycles. The Bertz CT molecular complexity index is 705. The highest BCUT2D eigenvalue weighted by molar-refractivity contribution is 9.10. The van der Waals surface area contributed by atoms with E-state index in [9.17, 15) is 0 Å². The number of hydrogen-bond donors (Lipinski definition) is 1. The largest absolute Gasteiger partial charge is 0.457 e. The van der Waals surface area contributed by atoms with Gasteiger partial charge in [-0.1, -0.05) is 18.2 Å². The van der Waals surface area contributed by atoms with Gasteiger partial charge in [-0.15, -0.1) is 0 Å². The van der Waals surface area contributed by atoms with Crippen molar-refractivity contribution >= 4 is 15.9 Å². The summed E-state index contributed by atoms with van der Waals surface area (Å²) in [6, 6.07) is 17.6. The zero-order chi connectivity index (χ0) is 13.9. The molecule has 0 spiro atoms. The molecule has 2 aromatic carbocycles. The van der Waals surface area contributed by atoms with Crippen LogP contribution in [0.3, 0.4) is 0 Å². The summed E-state index contributed by atoms with van der Waals surface area (Å²) in [6.07, 6.45) is 0. The minimum absolute atomic E-state index is 0.809. The fraction of sp³-hybridized carbons (Fsp3) is 0.0625. The normalized spacial score (nSPS) is 10.5. The standard InChI is InChI=1S/C16H13BrN2O/c1-11-15(17)16(19-18-11)12-7-9-14(10-8-12)20-13-5-3-2-4-6-13/h2-10H,1H3,(H,18,19). The molecule has 0 fully saturated rings.